The van der Waals surface area contributed by atoms with Gasteiger partial charge >= 0.3 is 12.1 Å². The molecule has 0 unspecified atom stereocenters. The van der Waals surface area contributed by atoms with Gasteiger partial charge in [-0.3, -0.25) is 30.0 Å². The topological polar surface area (TPSA) is 236 Å². The second-order valence-electron chi connectivity index (χ2n) is 25.3. The van der Waals surface area contributed by atoms with E-state index >= 15 is 0 Å². The van der Waals surface area contributed by atoms with E-state index in [1.807, 2.05) is 166 Å². The molecule has 0 atom stereocenters. The molecule has 22 heteroatoms. The predicted octanol–water partition coefficient (Wildman–Crippen LogP) is 13.9. The van der Waals surface area contributed by atoms with Crippen LogP contribution in [0.15, 0.2) is 170 Å². The highest BCUT2D eigenvalue weighted by Gasteiger charge is 2.25. The van der Waals surface area contributed by atoms with Crippen molar-refractivity contribution in [2.45, 2.75) is 79.4 Å². The number of hydrogen-bond acceptors (Lipinski definition) is 13. The minimum absolute atomic E-state index is 0.0942. The van der Waals surface area contributed by atoms with Crippen LogP contribution in [0.1, 0.15) is 75.2 Å². The molecule has 1 aliphatic rings. The monoisotopic (exact) mass is 1300 g/mol. The van der Waals surface area contributed by atoms with Gasteiger partial charge in [0.2, 0.25) is 11.8 Å². The van der Waals surface area contributed by atoms with Crippen molar-refractivity contribution < 1.29 is 33.4 Å². The summed E-state index contributed by atoms with van der Waals surface area (Å²) in [5, 5.41) is 30.6. The molecule has 6 N–H and O–H groups in total. The number of hydrogen-bond donors (Lipinski definition) is 6. The van der Waals surface area contributed by atoms with Crippen LogP contribution in [-0.4, -0.2) is 122 Å². The molecule has 5 heterocycles. The number of methoxy groups -OCH3 is 1. The lowest BCUT2D eigenvalue weighted by Crippen LogP contribution is -2.49. The lowest BCUT2D eigenvalue weighted by atomic mass is 9.92. The first-order valence-electron chi connectivity index (χ1n) is 31.5. The molecule has 0 radical (unpaired) electrons. The van der Waals surface area contributed by atoms with E-state index in [1.165, 1.54) is 0 Å². The van der Waals surface area contributed by atoms with Crippen LogP contribution in [0.3, 0.4) is 0 Å². The largest absolute Gasteiger partial charge is 0.488 e. The molecule has 0 saturated carbocycles. The molecule has 6 aromatic carbocycles. The van der Waals surface area contributed by atoms with Crippen molar-refractivity contribution in [3.8, 4) is 22.9 Å². The lowest BCUT2D eigenvalue weighted by molar-refractivity contribution is -0.118. The Hall–Kier alpha value is -10.2. The molecule has 10 aromatic rings. The fourth-order valence-electron chi connectivity index (χ4n) is 10.5. The van der Waals surface area contributed by atoms with E-state index in [4.69, 9.17) is 36.0 Å². The highest BCUT2D eigenvalue weighted by molar-refractivity contribution is 6.29. The number of rotatable bonds is 20. The third kappa shape index (κ3) is 18.1. The molecule has 0 aliphatic carbocycles. The predicted molar refractivity (Wildman–Crippen MR) is 377 cm³/mol. The number of aromatic nitrogens is 6. The van der Waals surface area contributed by atoms with Crippen molar-refractivity contribution in [1.82, 2.24) is 39.3 Å². The molecule has 0 bridgehead atoms. The number of alkyl halides is 1. The van der Waals surface area contributed by atoms with E-state index in [2.05, 4.69) is 93.2 Å². The van der Waals surface area contributed by atoms with E-state index in [0.29, 0.717) is 59.3 Å². The Kier molecular flexibility index (Phi) is 21.9. The van der Waals surface area contributed by atoms with Crippen LogP contribution in [0.5, 0.6) is 11.5 Å². The number of benzene rings is 6. The number of ether oxygens (including phenoxy) is 3. The number of piperazine rings is 1. The summed E-state index contributed by atoms with van der Waals surface area (Å²) in [7, 11) is 1.71. The van der Waals surface area contributed by atoms with Gasteiger partial charge in [-0.2, -0.15) is 10.2 Å². The molecule has 11 rings (SSSR count). The first-order valence-corrected chi connectivity index (χ1v) is 32.0. The summed E-state index contributed by atoms with van der Waals surface area (Å²) in [5.74, 6) is 2.76. The molecular weight excluding hydrogens is 1220 g/mol. The van der Waals surface area contributed by atoms with Crippen LogP contribution >= 0.6 is 11.6 Å². The van der Waals surface area contributed by atoms with Gasteiger partial charge in [0, 0.05) is 96.7 Å². The van der Waals surface area contributed by atoms with Gasteiger partial charge in [-0.1, -0.05) is 125 Å². The minimum atomic E-state index is -0.393. The molecule has 21 nitrogen and oxygen atoms in total. The fourth-order valence-corrected chi connectivity index (χ4v) is 10.6. The number of halogens is 1. The highest BCUT2D eigenvalue weighted by Crippen LogP contribution is 2.35. The molecule has 1 saturated heterocycles. The SMILES string of the molecule is COCCN1CCN(CC(=O)Nc2cc(COc3ccc(NC(=O)Nc4cc(C(C)(C)C)nn4-c4ccc(C)cc4)c4ccccc34)ccn2)CC1.Cc1ccc(-n2nc(C(C)(C)C)cc2NC(=O)Nc2ccc(OCc3ccnc(NC(=O)CCl)c3)c3ccccc23)cc1. The average Bonchev–Trinajstić information content (AvgIpc) is 1.83. The number of nitrogens with zero attached hydrogens (tertiary/aromatic N) is 8. The smallest absolute Gasteiger partial charge is 0.324 e. The third-order valence-electron chi connectivity index (χ3n) is 15.8. The molecule has 6 amide bonds. The van der Waals surface area contributed by atoms with Gasteiger partial charge in [0.1, 0.15) is 53.9 Å². The number of amides is 6. The maximum Gasteiger partial charge on any atom is 0.324 e. The van der Waals surface area contributed by atoms with Gasteiger partial charge < -0.3 is 35.5 Å². The van der Waals surface area contributed by atoms with Gasteiger partial charge in [0.05, 0.1) is 47.3 Å². The van der Waals surface area contributed by atoms with Crippen LogP contribution in [0.25, 0.3) is 32.9 Å². The first kappa shape index (κ1) is 67.7. The molecule has 1 aliphatic heterocycles. The second-order valence-corrected chi connectivity index (χ2v) is 25.6. The quantitative estimate of drug-likeness (QED) is 0.0390. The maximum absolute atomic E-state index is 13.4. The number of nitrogens with one attached hydrogen (secondary N) is 6. The van der Waals surface area contributed by atoms with Crippen molar-refractivity contribution in [3.63, 3.8) is 0 Å². The molecule has 4 aromatic heterocycles. The van der Waals surface area contributed by atoms with Crippen LogP contribution in [0.2, 0.25) is 0 Å². The van der Waals surface area contributed by atoms with Crippen LogP contribution in [0.4, 0.5) is 44.2 Å². The molecule has 1 fully saturated rings. The van der Waals surface area contributed by atoms with Crippen molar-refractivity contribution >= 4 is 91.7 Å². The molecular formula is C73H81ClN14O7. The standard InChI is InChI=1S/C40H48N8O4.C33H33ClN6O3/c1-28-10-12-30(13-11-28)48-37(25-35(45-48)40(2,3)4)44-39(50)42-33-14-15-34(32-9-7-6-8-31(32)33)52-27-29-16-17-41-36(24-29)43-38(49)26-47-20-18-46(19-21-47)22-23-51-5;1-21-9-11-23(12-10-21)40-30(18-28(39-40)33(2,3)4)38-32(42)36-26-13-14-27(25-8-6-5-7-24(25)26)43-20-22-15-16-35-29(17-22)37-31(41)19-34/h6-17,24-25H,18-23,26-27H2,1-5H3,(H,41,43,49)(H2,42,44,50);5-18H,19-20H2,1-4H3,(H,35,37,41)(H2,36,38,42). The zero-order chi connectivity index (χ0) is 67.2. The summed E-state index contributed by atoms with van der Waals surface area (Å²) in [6, 6.07) is 49.1. The van der Waals surface area contributed by atoms with Crippen LogP contribution in [-0.2, 0) is 38.4 Å². The first-order chi connectivity index (χ1) is 45.7. The van der Waals surface area contributed by atoms with E-state index in [0.717, 1.165) is 99.3 Å². The van der Waals surface area contributed by atoms with E-state index in [9.17, 15) is 19.2 Å². The zero-order valence-electron chi connectivity index (χ0n) is 55.1. The molecule has 95 heavy (non-hydrogen) atoms. The Labute approximate surface area is 558 Å². The number of carbonyl (C=O) groups is 4. The van der Waals surface area contributed by atoms with Gasteiger partial charge in [-0.15, -0.1) is 11.6 Å². The summed E-state index contributed by atoms with van der Waals surface area (Å²) in [6.45, 7) is 22.6. The Morgan fingerprint density at radius 2 is 0.916 bits per heavy atom. The Morgan fingerprint density at radius 1 is 0.495 bits per heavy atom. The number of fused-ring (bicyclic) bond motifs is 2. The van der Waals surface area contributed by atoms with Gasteiger partial charge in [0.25, 0.3) is 0 Å². The van der Waals surface area contributed by atoms with Crippen LogP contribution < -0.4 is 41.4 Å². The second kappa shape index (κ2) is 30.7. The number of pyridine rings is 2. The normalized spacial score (nSPS) is 12.7. The van der Waals surface area contributed by atoms with Crippen LogP contribution in [0, 0.1) is 13.8 Å². The Bertz CT molecular complexity index is 4320. The lowest BCUT2D eigenvalue weighted by Gasteiger charge is -2.34. The molecule has 492 valence electrons. The van der Waals surface area contributed by atoms with E-state index in [1.54, 1.807) is 34.9 Å². The zero-order valence-corrected chi connectivity index (χ0v) is 55.8. The number of aryl methyl sites for hydroxylation is 2. The number of anilines is 6. The van der Waals surface area contributed by atoms with Crippen molar-refractivity contribution in [2.24, 2.45) is 0 Å². The van der Waals surface area contributed by atoms with Gasteiger partial charge in [0.15, 0.2) is 0 Å². The minimum Gasteiger partial charge on any atom is -0.488 e. The van der Waals surface area contributed by atoms with Crippen molar-refractivity contribution in [2.75, 3.05) is 90.8 Å². The molecule has 0 spiro atoms. The van der Waals surface area contributed by atoms with E-state index in [-0.39, 0.29) is 47.8 Å². The fraction of sp³-hybridized carbons (Fsp3) is 0.288. The summed E-state index contributed by atoms with van der Waals surface area (Å²) in [5.41, 5.74) is 8.26. The third-order valence-corrected chi connectivity index (χ3v) is 16.0. The summed E-state index contributed by atoms with van der Waals surface area (Å²) in [4.78, 5) is 64.2. The van der Waals surface area contributed by atoms with Crippen molar-refractivity contribution in [1.29, 1.82) is 0 Å². The van der Waals surface area contributed by atoms with E-state index < -0.39 is 6.03 Å². The summed E-state index contributed by atoms with van der Waals surface area (Å²) < 4.78 is 21.1. The number of carbonyl (C=O) groups excluding carboxylic acids is 4. The number of urea groups is 2. The summed E-state index contributed by atoms with van der Waals surface area (Å²) >= 11 is 5.58. The Morgan fingerprint density at radius 3 is 1.34 bits per heavy atom. The maximum atomic E-state index is 13.4. The van der Waals surface area contributed by atoms with Gasteiger partial charge in [-0.05, 0) is 97.8 Å². The summed E-state index contributed by atoms with van der Waals surface area (Å²) in [6.07, 6.45) is 3.27. The highest BCUT2D eigenvalue weighted by atomic mass is 35.5. The Balaban J connectivity index is 0.000000211. The van der Waals surface area contributed by atoms with Crippen molar-refractivity contribution in [3.05, 3.63) is 204 Å². The van der Waals surface area contributed by atoms with Gasteiger partial charge in [-0.25, -0.2) is 28.9 Å². The average molecular weight is 1300 g/mol.